The van der Waals surface area contributed by atoms with Crippen molar-refractivity contribution >= 4 is 43.5 Å². The van der Waals surface area contributed by atoms with E-state index in [0.717, 1.165) is 4.47 Å². The van der Waals surface area contributed by atoms with Crippen LogP contribution in [-0.4, -0.2) is 62.2 Å². The lowest BCUT2D eigenvalue weighted by Gasteiger charge is -2.34. The van der Waals surface area contributed by atoms with Gasteiger partial charge in [-0.1, -0.05) is 15.9 Å². The fraction of sp³-hybridized carbons (Fsp3) is 0.263. The number of piperazine rings is 1. The second-order valence-electron chi connectivity index (χ2n) is 6.70. The molecule has 1 fully saturated rings. The van der Waals surface area contributed by atoms with Crippen molar-refractivity contribution < 1.29 is 22.7 Å². The number of benzene rings is 2. The third-order valence-corrected chi connectivity index (χ3v) is 7.26. The summed E-state index contributed by atoms with van der Waals surface area (Å²) in [6, 6.07) is 11.5. The number of carbonyl (C=O) groups excluding carboxylic acids is 2. The zero-order chi connectivity index (χ0) is 20.6. The average molecular weight is 480 g/mol. The topological polar surface area (TPSA) is 96.0 Å². The molecule has 152 valence electrons. The minimum Gasteiger partial charge on any atom is -0.482 e. The summed E-state index contributed by atoms with van der Waals surface area (Å²) in [5.74, 6) is -0.0104. The van der Waals surface area contributed by atoms with Crippen LogP contribution < -0.4 is 10.1 Å². The van der Waals surface area contributed by atoms with Crippen molar-refractivity contribution in [1.29, 1.82) is 0 Å². The Balaban J connectivity index is 1.46. The van der Waals surface area contributed by atoms with E-state index in [0.29, 0.717) is 30.1 Å². The molecule has 2 aliphatic heterocycles. The second-order valence-corrected chi connectivity index (χ2v) is 9.55. The van der Waals surface area contributed by atoms with E-state index in [9.17, 15) is 18.0 Å². The lowest BCUT2D eigenvalue weighted by atomic mass is 10.2. The van der Waals surface area contributed by atoms with Crippen LogP contribution in [0.5, 0.6) is 5.75 Å². The van der Waals surface area contributed by atoms with E-state index in [4.69, 9.17) is 4.74 Å². The number of amides is 2. The Morgan fingerprint density at radius 3 is 2.41 bits per heavy atom. The summed E-state index contributed by atoms with van der Waals surface area (Å²) in [5.41, 5.74) is 0.904. The van der Waals surface area contributed by atoms with Crippen molar-refractivity contribution in [2.75, 3.05) is 38.1 Å². The maximum Gasteiger partial charge on any atom is 0.262 e. The molecule has 1 N–H and O–H groups in total. The largest absolute Gasteiger partial charge is 0.482 e. The van der Waals surface area contributed by atoms with Crippen molar-refractivity contribution in [3.8, 4) is 5.75 Å². The minimum absolute atomic E-state index is 0.0785. The molecule has 2 heterocycles. The zero-order valence-corrected chi connectivity index (χ0v) is 17.7. The number of hydrogen-bond donors (Lipinski definition) is 1. The minimum atomic E-state index is -3.75. The van der Waals surface area contributed by atoms with Gasteiger partial charge in [-0.25, -0.2) is 8.42 Å². The van der Waals surface area contributed by atoms with Crippen molar-refractivity contribution in [3.63, 3.8) is 0 Å². The van der Waals surface area contributed by atoms with Crippen LogP contribution in [0.15, 0.2) is 51.8 Å². The van der Waals surface area contributed by atoms with Crippen molar-refractivity contribution in [3.05, 3.63) is 52.5 Å². The number of sulfonamides is 1. The first-order valence-corrected chi connectivity index (χ1v) is 11.2. The van der Waals surface area contributed by atoms with Crippen molar-refractivity contribution in [1.82, 2.24) is 9.21 Å². The number of nitrogens with zero attached hydrogens (tertiary/aromatic N) is 2. The van der Waals surface area contributed by atoms with Gasteiger partial charge in [-0.3, -0.25) is 9.59 Å². The number of anilines is 1. The summed E-state index contributed by atoms with van der Waals surface area (Å²) in [6.07, 6.45) is 0. The van der Waals surface area contributed by atoms with Crippen LogP contribution >= 0.6 is 15.9 Å². The predicted octanol–water partition coefficient (Wildman–Crippen LogP) is 1.93. The van der Waals surface area contributed by atoms with Gasteiger partial charge in [0.25, 0.3) is 11.8 Å². The van der Waals surface area contributed by atoms with E-state index in [2.05, 4.69) is 21.2 Å². The normalized spacial score (nSPS) is 17.3. The summed E-state index contributed by atoms with van der Waals surface area (Å²) < 4.78 is 33.5. The SMILES string of the molecule is O=C1COc2ccc(S(=O)(=O)N3CCN(C(=O)c4ccc(Br)cc4)CC3)cc2N1. The van der Waals surface area contributed by atoms with Gasteiger partial charge < -0.3 is 15.0 Å². The first-order chi connectivity index (χ1) is 13.8. The highest BCUT2D eigenvalue weighted by atomic mass is 79.9. The van der Waals surface area contributed by atoms with Crippen molar-refractivity contribution in [2.24, 2.45) is 0 Å². The van der Waals surface area contributed by atoms with Crippen LogP contribution in [0, 0.1) is 0 Å². The second kappa shape index (κ2) is 7.77. The standard InChI is InChI=1S/C19H18BrN3O5S/c20-14-3-1-13(2-4-14)19(25)22-7-9-23(10-8-22)29(26,27)15-5-6-17-16(11-15)21-18(24)12-28-17/h1-6,11H,7-10,12H2,(H,21,24). The monoisotopic (exact) mass is 479 g/mol. The zero-order valence-electron chi connectivity index (χ0n) is 15.3. The Labute approximate surface area is 176 Å². The summed E-state index contributed by atoms with van der Waals surface area (Å²) in [7, 11) is -3.75. The molecule has 0 atom stereocenters. The van der Waals surface area contributed by atoms with Crippen LogP contribution in [0.4, 0.5) is 5.69 Å². The smallest absolute Gasteiger partial charge is 0.262 e. The van der Waals surface area contributed by atoms with E-state index in [1.165, 1.54) is 22.5 Å². The molecule has 0 spiro atoms. The van der Waals surface area contributed by atoms with Crippen LogP contribution in [-0.2, 0) is 14.8 Å². The van der Waals surface area contributed by atoms with Crippen LogP contribution in [0.3, 0.4) is 0 Å². The molecular formula is C19H18BrN3O5S. The lowest BCUT2D eigenvalue weighted by molar-refractivity contribution is -0.118. The number of rotatable bonds is 3. The number of ether oxygens (including phenoxy) is 1. The third kappa shape index (κ3) is 4.00. The molecule has 0 unspecified atom stereocenters. The Morgan fingerprint density at radius 2 is 1.72 bits per heavy atom. The number of hydrogen-bond acceptors (Lipinski definition) is 5. The van der Waals surface area contributed by atoms with E-state index >= 15 is 0 Å². The summed E-state index contributed by atoms with van der Waals surface area (Å²) in [6.45, 7) is 0.917. The van der Waals surface area contributed by atoms with E-state index < -0.39 is 10.0 Å². The van der Waals surface area contributed by atoms with Crippen LogP contribution in [0.2, 0.25) is 0 Å². The third-order valence-electron chi connectivity index (χ3n) is 4.84. The van der Waals surface area contributed by atoms with Gasteiger partial charge in [-0.15, -0.1) is 0 Å². The summed E-state index contributed by atoms with van der Waals surface area (Å²) in [5, 5.41) is 2.62. The van der Waals surface area contributed by atoms with Gasteiger partial charge in [0.15, 0.2) is 6.61 Å². The molecule has 10 heteroatoms. The highest BCUT2D eigenvalue weighted by Crippen LogP contribution is 2.31. The molecule has 0 aliphatic carbocycles. The molecule has 0 saturated carbocycles. The molecule has 2 aliphatic rings. The first kappa shape index (κ1) is 19.9. The molecule has 29 heavy (non-hydrogen) atoms. The van der Waals surface area contributed by atoms with Gasteiger partial charge in [-0.05, 0) is 42.5 Å². The maximum absolute atomic E-state index is 13.0. The molecule has 2 amide bonds. The van der Waals surface area contributed by atoms with Gasteiger partial charge in [-0.2, -0.15) is 4.31 Å². The molecule has 0 bridgehead atoms. The van der Waals surface area contributed by atoms with Gasteiger partial charge in [0, 0.05) is 36.2 Å². The Kier molecular flexibility index (Phi) is 5.32. The van der Waals surface area contributed by atoms with Crippen LogP contribution in [0.1, 0.15) is 10.4 Å². The number of carbonyl (C=O) groups is 2. The Morgan fingerprint density at radius 1 is 1.03 bits per heavy atom. The Hall–Kier alpha value is -2.43. The molecule has 2 aromatic carbocycles. The van der Waals surface area contributed by atoms with Gasteiger partial charge in [0.05, 0.1) is 10.6 Å². The molecule has 2 aromatic rings. The fourth-order valence-corrected chi connectivity index (χ4v) is 4.99. The first-order valence-electron chi connectivity index (χ1n) is 8.96. The van der Waals surface area contributed by atoms with E-state index in [1.54, 1.807) is 29.2 Å². The van der Waals surface area contributed by atoms with Crippen molar-refractivity contribution in [2.45, 2.75) is 4.90 Å². The predicted molar refractivity (Wildman–Crippen MR) is 109 cm³/mol. The van der Waals surface area contributed by atoms with Gasteiger partial charge in [0.2, 0.25) is 10.0 Å². The Bertz CT molecular complexity index is 1060. The van der Waals surface area contributed by atoms with Gasteiger partial charge >= 0.3 is 0 Å². The molecule has 1 saturated heterocycles. The number of halogens is 1. The number of nitrogens with one attached hydrogen (secondary N) is 1. The van der Waals surface area contributed by atoms with Crippen LogP contribution in [0.25, 0.3) is 0 Å². The summed E-state index contributed by atoms with van der Waals surface area (Å²) in [4.78, 5) is 25.8. The highest BCUT2D eigenvalue weighted by Gasteiger charge is 2.31. The quantitative estimate of drug-likeness (QED) is 0.725. The average Bonchev–Trinajstić information content (AvgIpc) is 2.73. The summed E-state index contributed by atoms with van der Waals surface area (Å²) >= 11 is 3.34. The van der Waals surface area contributed by atoms with E-state index in [1.807, 2.05) is 0 Å². The highest BCUT2D eigenvalue weighted by molar-refractivity contribution is 9.10. The molecular weight excluding hydrogens is 462 g/mol. The van der Waals surface area contributed by atoms with Gasteiger partial charge in [0.1, 0.15) is 5.75 Å². The fourth-order valence-electron chi connectivity index (χ4n) is 3.28. The maximum atomic E-state index is 13.0. The number of fused-ring (bicyclic) bond motifs is 1. The molecule has 0 radical (unpaired) electrons. The molecule has 8 nitrogen and oxygen atoms in total. The van der Waals surface area contributed by atoms with E-state index in [-0.39, 0.29) is 36.4 Å². The molecule has 4 rings (SSSR count). The molecule has 0 aromatic heterocycles. The lowest BCUT2D eigenvalue weighted by Crippen LogP contribution is -2.50.